The van der Waals surface area contributed by atoms with Gasteiger partial charge in [-0.2, -0.15) is 0 Å². The molecule has 0 amide bonds. The first-order valence-electron chi connectivity index (χ1n) is 4.65. The third-order valence-corrected chi connectivity index (χ3v) is 4.94. The van der Waals surface area contributed by atoms with Crippen LogP contribution in [0.1, 0.15) is 9.75 Å². The van der Waals surface area contributed by atoms with Gasteiger partial charge in [-0.15, -0.1) is 22.9 Å². The van der Waals surface area contributed by atoms with E-state index in [9.17, 15) is 0 Å². The SMILES string of the molecule is CN(Cc1cccs1)c1nc(Cl)c(CCl)s1. The Morgan fingerprint density at radius 3 is 2.88 bits per heavy atom. The Morgan fingerprint density at radius 1 is 1.50 bits per heavy atom. The first-order chi connectivity index (χ1) is 7.70. The molecule has 0 saturated carbocycles. The van der Waals surface area contributed by atoms with Crippen molar-refractivity contribution in [3.63, 3.8) is 0 Å². The zero-order chi connectivity index (χ0) is 11.5. The Bertz CT molecular complexity index is 453. The van der Waals surface area contributed by atoms with E-state index >= 15 is 0 Å². The highest BCUT2D eigenvalue weighted by atomic mass is 35.5. The van der Waals surface area contributed by atoms with Gasteiger partial charge in [-0.05, 0) is 11.4 Å². The van der Waals surface area contributed by atoms with E-state index in [0.717, 1.165) is 16.6 Å². The van der Waals surface area contributed by atoms with Crippen LogP contribution in [0.3, 0.4) is 0 Å². The lowest BCUT2D eigenvalue weighted by Crippen LogP contribution is -2.14. The second-order valence-electron chi connectivity index (χ2n) is 3.28. The Morgan fingerprint density at radius 2 is 2.31 bits per heavy atom. The van der Waals surface area contributed by atoms with Crippen LogP contribution in [-0.4, -0.2) is 12.0 Å². The monoisotopic (exact) mass is 292 g/mol. The fourth-order valence-electron chi connectivity index (χ4n) is 1.27. The van der Waals surface area contributed by atoms with Gasteiger partial charge in [0.1, 0.15) is 5.15 Å². The van der Waals surface area contributed by atoms with Crippen LogP contribution in [0.25, 0.3) is 0 Å². The summed E-state index contributed by atoms with van der Waals surface area (Å²) in [5, 5.41) is 3.50. The van der Waals surface area contributed by atoms with Crippen LogP contribution >= 0.6 is 45.9 Å². The number of aromatic nitrogens is 1. The number of halogens is 2. The van der Waals surface area contributed by atoms with Crippen molar-refractivity contribution in [2.24, 2.45) is 0 Å². The maximum absolute atomic E-state index is 5.96. The number of thiazole rings is 1. The van der Waals surface area contributed by atoms with Crippen LogP contribution < -0.4 is 4.90 Å². The Balaban J connectivity index is 2.11. The fraction of sp³-hybridized carbons (Fsp3) is 0.300. The van der Waals surface area contributed by atoms with E-state index in [1.807, 2.05) is 13.1 Å². The van der Waals surface area contributed by atoms with Gasteiger partial charge in [-0.3, -0.25) is 0 Å². The molecular weight excluding hydrogens is 283 g/mol. The minimum Gasteiger partial charge on any atom is -0.346 e. The zero-order valence-corrected chi connectivity index (χ0v) is 11.8. The molecule has 0 atom stereocenters. The number of anilines is 1. The topological polar surface area (TPSA) is 16.1 Å². The molecule has 16 heavy (non-hydrogen) atoms. The van der Waals surface area contributed by atoms with Gasteiger partial charge >= 0.3 is 0 Å². The highest BCUT2D eigenvalue weighted by Crippen LogP contribution is 2.31. The largest absolute Gasteiger partial charge is 0.346 e. The molecule has 2 heterocycles. The lowest BCUT2D eigenvalue weighted by Gasteiger charge is -2.13. The van der Waals surface area contributed by atoms with E-state index in [1.54, 1.807) is 22.7 Å². The molecule has 2 nitrogen and oxygen atoms in total. The Labute approximate surface area is 112 Å². The molecule has 0 aliphatic rings. The zero-order valence-electron chi connectivity index (χ0n) is 8.61. The Kier molecular flexibility index (Phi) is 4.08. The van der Waals surface area contributed by atoms with Gasteiger partial charge in [0.05, 0.1) is 17.3 Å². The second-order valence-corrected chi connectivity index (χ2v) is 6.00. The normalized spacial score (nSPS) is 10.7. The molecule has 2 aromatic rings. The summed E-state index contributed by atoms with van der Waals surface area (Å²) in [7, 11) is 2.01. The summed E-state index contributed by atoms with van der Waals surface area (Å²) in [4.78, 5) is 8.61. The van der Waals surface area contributed by atoms with Gasteiger partial charge in [0.25, 0.3) is 0 Å². The molecular formula is C10H10Cl2N2S2. The maximum Gasteiger partial charge on any atom is 0.187 e. The summed E-state index contributed by atoms with van der Waals surface area (Å²) >= 11 is 15.0. The maximum atomic E-state index is 5.96. The minimum atomic E-state index is 0.420. The smallest absolute Gasteiger partial charge is 0.187 e. The summed E-state index contributed by atoms with van der Waals surface area (Å²) in [6, 6.07) is 4.16. The number of alkyl halides is 1. The Hall–Kier alpha value is -0.290. The predicted octanol–water partition coefficient (Wildman–Crippen LogP) is 4.23. The highest BCUT2D eigenvalue weighted by molar-refractivity contribution is 7.16. The average molecular weight is 293 g/mol. The van der Waals surface area contributed by atoms with Crippen LogP contribution in [0.2, 0.25) is 5.15 Å². The molecule has 0 aliphatic carbocycles. The highest BCUT2D eigenvalue weighted by Gasteiger charge is 2.12. The van der Waals surface area contributed by atoms with E-state index in [0.29, 0.717) is 11.0 Å². The summed E-state index contributed by atoms with van der Waals surface area (Å²) in [6.45, 7) is 0.850. The van der Waals surface area contributed by atoms with Crippen LogP contribution in [0.5, 0.6) is 0 Å². The standard InChI is InChI=1S/C10H10Cl2N2S2/c1-14(6-7-3-2-4-15-7)10-13-9(12)8(5-11)16-10/h2-4H,5-6H2,1H3. The van der Waals surface area contributed by atoms with Crippen molar-refractivity contribution in [2.75, 3.05) is 11.9 Å². The molecule has 6 heteroatoms. The number of hydrogen-bond donors (Lipinski definition) is 0. The molecule has 0 aromatic carbocycles. The number of thiophene rings is 1. The van der Waals surface area contributed by atoms with E-state index < -0.39 is 0 Å². The third-order valence-electron chi connectivity index (χ3n) is 2.06. The van der Waals surface area contributed by atoms with Gasteiger partial charge in [0.2, 0.25) is 0 Å². The van der Waals surface area contributed by atoms with Gasteiger partial charge in [0.15, 0.2) is 5.13 Å². The first-order valence-corrected chi connectivity index (χ1v) is 7.26. The molecule has 2 rings (SSSR count). The molecule has 86 valence electrons. The van der Waals surface area contributed by atoms with Crippen molar-refractivity contribution in [3.05, 3.63) is 32.4 Å². The van der Waals surface area contributed by atoms with Crippen LogP contribution in [-0.2, 0) is 12.4 Å². The van der Waals surface area contributed by atoms with E-state index in [2.05, 4.69) is 21.3 Å². The van der Waals surface area contributed by atoms with Crippen molar-refractivity contribution in [3.8, 4) is 0 Å². The second kappa shape index (κ2) is 5.36. The molecule has 0 fully saturated rings. The molecule has 0 saturated heterocycles. The lowest BCUT2D eigenvalue weighted by molar-refractivity contribution is 0.931. The minimum absolute atomic E-state index is 0.420. The van der Waals surface area contributed by atoms with Crippen molar-refractivity contribution in [1.29, 1.82) is 0 Å². The molecule has 0 spiro atoms. The molecule has 0 radical (unpaired) electrons. The van der Waals surface area contributed by atoms with E-state index in [1.165, 1.54) is 4.88 Å². The van der Waals surface area contributed by atoms with Gasteiger partial charge < -0.3 is 4.90 Å². The summed E-state index contributed by atoms with van der Waals surface area (Å²) < 4.78 is 0. The first kappa shape index (κ1) is 12.2. The van der Waals surface area contributed by atoms with Crippen LogP contribution in [0, 0.1) is 0 Å². The van der Waals surface area contributed by atoms with Gasteiger partial charge in [-0.1, -0.05) is 29.0 Å². The third kappa shape index (κ3) is 2.69. The molecule has 0 unspecified atom stereocenters. The van der Waals surface area contributed by atoms with Crippen molar-refractivity contribution in [2.45, 2.75) is 12.4 Å². The number of rotatable bonds is 4. The molecule has 0 bridgehead atoms. The predicted molar refractivity (Wildman–Crippen MR) is 73.1 cm³/mol. The summed E-state index contributed by atoms with van der Waals surface area (Å²) in [5.41, 5.74) is 0. The number of hydrogen-bond acceptors (Lipinski definition) is 4. The van der Waals surface area contributed by atoms with Gasteiger partial charge in [-0.25, -0.2) is 4.98 Å². The molecule has 2 aromatic heterocycles. The van der Waals surface area contributed by atoms with Crippen molar-refractivity contribution in [1.82, 2.24) is 4.98 Å². The average Bonchev–Trinajstić information content (AvgIpc) is 2.87. The van der Waals surface area contributed by atoms with Crippen LogP contribution in [0.4, 0.5) is 5.13 Å². The molecule has 0 N–H and O–H groups in total. The van der Waals surface area contributed by atoms with Crippen LogP contribution in [0.15, 0.2) is 17.5 Å². The summed E-state index contributed by atoms with van der Waals surface area (Å²) in [5.74, 6) is 0.420. The van der Waals surface area contributed by atoms with Gasteiger partial charge in [0, 0.05) is 11.9 Å². The van der Waals surface area contributed by atoms with Crippen molar-refractivity contribution >= 4 is 51.0 Å². The van der Waals surface area contributed by atoms with E-state index in [4.69, 9.17) is 23.2 Å². The molecule has 0 aliphatic heterocycles. The fourth-order valence-corrected chi connectivity index (χ4v) is 3.46. The summed E-state index contributed by atoms with van der Waals surface area (Å²) in [6.07, 6.45) is 0. The quantitative estimate of drug-likeness (QED) is 0.784. The van der Waals surface area contributed by atoms with E-state index in [-0.39, 0.29) is 0 Å². The lowest BCUT2D eigenvalue weighted by atomic mass is 10.4. The van der Waals surface area contributed by atoms with Crippen molar-refractivity contribution < 1.29 is 0 Å². The number of nitrogens with zero attached hydrogens (tertiary/aromatic N) is 2.